The molecule has 0 spiro atoms. The van der Waals surface area contributed by atoms with Crippen molar-refractivity contribution in [2.45, 2.75) is 31.7 Å². The summed E-state index contributed by atoms with van der Waals surface area (Å²) in [6.45, 7) is 5.84. The van der Waals surface area contributed by atoms with Crippen LogP contribution in [-0.4, -0.2) is 37.7 Å². The van der Waals surface area contributed by atoms with Gasteiger partial charge in [0.15, 0.2) is 5.65 Å². The maximum atomic E-state index is 9.73. The molecule has 8 nitrogen and oxygen atoms in total. The van der Waals surface area contributed by atoms with Crippen LogP contribution in [0.5, 0.6) is 11.5 Å². The number of allylic oxidation sites excluding steroid dienone is 2. The number of fused-ring (bicyclic) bond motifs is 1. The number of nitrogens with two attached hydrogens (primary N) is 1. The first-order chi connectivity index (χ1) is 18.6. The number of piperidine rings is 1. The van der Waals surface area contributed by atoms with Gasteiger partial charge in [-0.2, -0.15) is 10.4 Å². The van der Waals surface area contributed by atoms with Crippen LogP contribution in [0, 0.1) is 17.2 Å². The Balaban J connectivity index is 1.30. The van der Waals surface area contributed by atoms with Crippen molar-refractivity contribution < 1.29 is 4.74 Å². The molecule has 6 rings (SSSR count). The van der Waals surface area contributed by atoms with Crippen molar-refractivity contribution in [3.8, 4) is 28.8 Å². The van der Waals surface area contributed by atoms with Crippen molar-refractivity contribution in [3.63, 3.8) is 0 Å². The summed E-state index contributed by atoms with van der Waals surface area (Å²) in [6, 6.07) is 19.9. The fourth-order valence-corrected chi connectivity index (χ4v) is 5.02. The number of benzene rings is 2. The largest absolute Gasteiger partial charge is 0.457 e. The van der Waals surface area contributed by atoms with Crippen molar-refractivity contribution in [3.05, 3.63) is 84.8 Å². The maximum Gasteiger partial charge on any atom is 0.164 e. The fraction of sp³-hybridized carbons (Fsp3) is 0.267. The van der Waals surface area contributed by atoms with E-state index < -0.39 is 0 Å². The van der Waals surface area contributed by atoms with Crippen molar-refractivity contribution in [1.29, 1.82) is 5.26 Å². The third kappa shape index (κ3) is 4.71. The van der Waals surface area contributed by atoms with Crippen LogP contribution in [0.1, 0.15) is 31.7 Å². The third-order valence-electron chi connectivity index (χ3n) is 7.20. The second-order valence-corrected chi connectivity index (χ2v) is 9.91. The number of ether oxygens (including phenoxy) is 1. The highest BCUT2D eigenvalue weighted by Crippen LogP contribution is 2.36. The van der Waals surface area contributed by atoms with E-state index in [-0.39, 0.29) is 6.04 Å². The summed E-state index contributed by atoms with van der Waals surface area (Å²) in [7, 11) is 0. The summed E-state index contributed by atoms with van der Waals surface area (Å²) < 4.78 is 7.93. The minimum absolute atomic E-state index is 0.0626. The topological polar surface area (TPSA) is 106 Å². The number of anilines is 1. The normalized spacial score (nSPS) is 17.8. The highest BCUT2D eigenvalue weighted by atomic mass is 16.5. The number of nitrogens with zero attached hydrogens (tertiary/aromatic N) is 6. The van der Waals surface area contributed by atoms with Gasteiger partial charge in [-0.1, -0.05) is 30.9 Å². The molecular formula is C30H29N7O. The second-order valence-electron chi connectivity index (χ2n) is 9.91. The van der Waals surface area contributed by atoms with Crippen LogP contribution in [-0.2, 0) is 0 Å². The van der Waals surface area contributed by atoms with Gasteiger partial charge in [-0.05, 0) is 68.0 Å². The van der Waals surface area contributed by atoms with E-state index in [0.29, 0.717) is 29.5 Å². The van der Waals surface area contributed by atoms with Crippen LogP contribution in [0.15, 0.2) is 84.8 Å². The zero-order valence-corrected chi connectivity index (χ0v) is 21.1. The highest BCUT2D eigenvalue weighted by molar-refractivity contribution is 5.98. The molecule has 0 radical (unpaired) electrons. The van der Waals surface area contributed by atoms with E-state index in [1.54, 1.807) is 0 Å². The van der Waals surface area contributed by atoms with E-state index in [4.69, 9.17) is 15.6 Å². The molecule has 0 amide bonds. The molecule has 1 saturated carbocycles. The molecule has 1 aliphatic carbocycles. The van der Waals surface area contributed by atoms with Gasteiger partial charge in [-0.15, -0.1) is 0 Å². The lowest BCUT2D eigenvalue weighted by Crippen LogP contribution is -2.36. The number of para-hydroxylation sites is 1. The van der Waals surface area contributed by atoms with Crippen LogP contribution >= 0.6 is 0 Å². The Morgan fingerprint density at radius 1 is 1.05 bits per heavy atom. The van der Waals surface area contributed by atoms with Crippen molar-refractivity contribution in [2.24, 2.45) is 5.92 Å². The van der Waals surface area contributed by atoms with Gasteiger partial charge in [0.1, 0.15) is 35.4 Å². The van der Waals surface area contributed by atoms with Crippen molar-refractivity contribution in [2.75, 3.05) is 18.8 Å². The molecule has 190 valence electrons. The zero-order chi connectivity index (χ0) is 26.1. The van der Waals surface area contributed by atoms with Crippen LogP contribution in [0.2, 0.25) is 0 Å². The Kier molecular flexibility index (Phi) is 6.26. The van der Waals surface area contributed by atoms with E-state index in [1.807, 2.05) is 59.3 Å². The second kappa shape index (κ2) is 10.0. The van der Waals surface area contributed by atoms with Gasteiger partial charge in [-0.3, -0.25) is 0 Å². The van der Waals surface area contributed by atoms with Gasteiger partial charge in [0.2, 0.25) is 0 Å². The average Bonchev–Trinajstić information content (AvgIpc) is 3.69. The molecule has 2 aromatic heterocycles. The summed E-state index contributed by atoms with van der Waals surface area (Å²) in [6.07, 6.45) is 7.79. The van der Waals surface area contributed by atoms with Gasteiger partial charge >= 0.3 is 0 Å². The zero-order valence-electron chi connectivity index (χ0n) is 21.1. The van der Waals surface area contributed by atoms with Crippen molar-refractivity contribution >= 4 is 16.9 Å². The molecule has 1 saturated heterocycles. The first-order valence-corrected chi connectivity index (χ1v) is 13.0. The Bertz CT molecular complexity index is 1550. The van der Waals surface area contributed by atoms with Gasteiger partial charge in [-0.25, -0.2) is 14.6 Å². The standard InChI is InChI=1S/C30H29N7O/c1-20(23(17-31)16-21-9-10-21)36-15-5-6-24(18-36)37-30-27(29(32)33-19-34-30)28(35-37)22-11-13-26(14-12-22)38-25-7-3-2-4-8-25/h2-4,7-8,11-14,16,19,21,24H,1,5-6,9-10,15,18H2,(H2,32,33,34)/b23-16+. The molecule has 2 aromatic carbocycles. The predicted octanol–water partition coefficient (Wildman–Crippen LogP) is 5.88. The minimum atomic E-state index is 0.0626. The number of rotatable bonds is 7. The summed E-state index contributed by atoms with van der Waals surface area (Å²) >= 11 is 0. The number of likely N-dealkylation sites (tertiary alicyclic amines) is 1. The summed E-state index contributed by atoms with van der Waals surface area (Å²) in [5, 5.41) is 15.5. The Labute approximate surface area is 221 Å². The highest BCUT2D eigenvalue weighted by Gasteiger charge is 2.29. The monoisotopic (exact) mass is 503 g/mol. The molecule has 2 fully saturated rings. The maximum absolute atomic E-state index is 9.73. The number of hydrogen-bond acceptors (Lipinski definition) is 7. The average molecular weight is 504 g/mol. The van der Waals surface area contributed by atoms with Crippen molar-refractivity contribution in [1.82, 2.24) is 24.6 Å². The SMILES string of the molecule is C=C(/C(C#N)=C/C1CC1)N1CCCC(n2nc(-c3ccc(Oc4ccccc4)cc3)c3c(N)ncnc32)C1. The Morgan fingerprint density at radius 2 is 1.82 bits per heavy atom. The first kappa shape index (κ1) is 23.7. The van der Waals surface area contributed by atoms with Gasteiger partial charge in [0.25, 0.3) is 0 Å². The lowest BCUT2D eigenvalue weighted by atomic mass is 10.0. The molecule has 2 aliphatic rings. The predicted molar refractivity (Wildman–Crippen MR) is 147 cm³/mol. The molecule has 2 N–H and O–H groups in total. The minimum Gasteiger partial charge on any atom is -0.457 e. The first-order valence-electron chi connectivity index (χ1n) is 13.0. The summed E-state index contributed by atoms with van der Waals surface area (Å²) in [4.78, 5) is 11.0. The van der Waals surface area contributed by atoms with E-state index in [9.17, 15) is 5.26 Å². The van der Waals surface area contributed by atoms with E-state index in [0.717, 1.165) is 66.1 Å². The smallest absolute Gasteiger partial charge is 0.164 e. The van der Waals surface area contributed by atoms with Gasteiger partial charge in [0, 0.05) is 24.4 Å². The van der Waals surface area contributed by atoms with Crippen LogP contribution in [0.3, 0.4) is 0 Å². The molecule has 1 atom stereocenters. The fourth-order valence-electron chi connectivity index (χ4n) is 5.02. The van der Waals surface area contributed by atoms with E-state index >= 15 is 0 Å². The van der Waals surface area contributed by atoms with E-state index in [2.05, 4.69) is 33.6 Å². The lowest BCUT2D eigenvalue weighted by Gasteiger charge is -2.35. The number of nitrogen functional groups attached to an aromatic ring is 1. The van der Waals surface area contributed by atoms with E-state index in [1.165, 1.54) is 6.33 Å². The molecule has 1 unspecified atom stereocenters. The van der Waals surface area contributed by atoms with Crippen LogP contribution < -0.4 is 10.5 Å². The quantitative estimate of drug-likeness (QED) is 0.248. The number of hydrogen-bond donors (Lipinski definition) is 1. The molecule has 4 aromatic rings. The third-order valence-corrected chi connectivity index (χ3v) is 7.20. The molecule has 8 heteroatoms. The van der Waals surface area contributed by atoms with Crippen LogP contribution in [0.4, 0.5) is 5.82 Å². The molecule has 38 heavy (non-hydrogen) atoms. The van der Waals surface area contributed by atoms with Gasteiger partial charge in [0.05, 0.1) is 17.0 Å². The Hall–Kier alpha value is -4.64. The molecular weight excluding hydrogens is 474 g/mol. The van der Waals surface area contributed by atoms with Crippen LogP contribution in [0.25, 0.3) is 22.3 Å². The molecule has 3 heterocycles. The summed E-state index contributed by atoms with van der Waals surface area (Å²) in [5.41, 5.74) is 10.2. The number of aromatic nitrogens is 4. The number of nitriles is 1. The van der Waals surface area contributed by atoms with Gasteiger partial charge < -0.3 is 15.4 Å². The Morgan fingerprint density at radius 3 is 2.55 bits per heavy atom. The lowest BCUT2D eigenvalue weighted by molar-refractivity contribution is 0.216. The summed E-state index contributed by atoms with van der Waals surface area (Å²) in [5.74, 6) is 2.44. The molecule has 0 bridgehead atoms. The molecule has 1 aliphatic heterocycles.